The highest BCUT2D eigenvalue weighted by molar-refractivity contribution is 5.78. The van der Waals surface area contributed by atoms with E-state index in [1.54, 1.807) is 13.8 Å². The van der Waals surface area contributed by atoms with Gasteiger partial charge in [0.25, 0.3) is 0 Å². The Morgan fingerprint density at radius 2 is 1.83 bits per heavy atom. The van der Waals surface area contributed by atoms with E-state index in [1.807, 2.05) is 0 Å². The molecule has 0 aromatic rings. The predicted molar refractivity (Wildman–Crippen MR) is 71.2 cm³/mol. The Morgan fingerprint density at radius 3 is 2.25 bits per heavy atom. The molecule has 0 saturated carbocycles. The van der Waals surface area contributed by atoms with Crippen molar-refractivity contribution in [2.24, 2.45) is 0 Å². The monoisotopic (exact) mass is 366 g/mol. The van der Waals surface area contributed by atoms with Crippen LogP contribution in [0.15, 0.2) is 0 Å². The quantitative estimate of drug-likeness (QED) is 0.651. The standard InChI is InChI=1S/C13H20F6N2O3/c1-4-9(8(2)23-3)21-7-10(12(14,15)16)20(11(21)22)5-6-24-13(17,18)19/h8-10H,4-7H2,1-3H3. The summed E-state index contributed by atoms with van der Waals surface area (Å²) in [5.74, 6) is 0. The second-order valence-electron chi connectivity index (χ2n) is 5.40. The Labute approximate surface area is 135 Å². The molecule has 142 valence electrons. The Hall–Kier alpha value is -1.23. The summed E-state index contributed by atoms with van der Waals surface area (Å²) in [5, 5.41) is 0. The molecule has 0 aromatic carbocycles. The number of carbonyl (C=O) groups is 1. The Morgan fingerprint density at radius 1 is 1.25 bits per heavy atom. The third-order valence-electron chi connectivity index (χ3n) is 3.95. The number of hydrogen-bond acceptors (Lipinski definition) is 3. The van der Waals surface area contributed by atoms with E-state index in [0.717, 1.165) is 4.90 Å². The van der Waals surface area contributed by atoms with Crippen molar-refractivity contribution in [2.45, 2.75) is 51.0 Å². The van der Waals surface area contributed by atoms with Gasteiger partial charge in [-0.25, -0.2) is 4.79 Å². The zero-order valence-electron chi connectivity index (χ0n) is 13.4. The fraction of sp³-hybridized carbons (Fsp3) is 0.923. The summed E-state index contributed by atoms with van der Waals surface area (Å²) in [5.41, 5.74) is 0. The van der Waals surface area contributed by atoms with Gasteiger partial charge < -0.3 is 14.5 Å². The largest absolute Gasteiger partial charge is 0.522 e. The van der Waals surface area contributed by atoms with Crippen LogP contribution >= 0.6 is 0 Å². The van der Waals surface area contributed by atoms with Crippen LogP contribution < -0.4 is 0 Å². The third kappa shape index (κ3) is 5.13. The topological polar surface area (TPSA) is 42.0 Å². The number of halogens is 6. The Kier molecular flexibility index (Phi) is 6.74. The Balaban J connectivity index is 2.92. The molecule has 2 amide bonds. The third-order valence-corrected chi connectivity index (χ3v) is 3.95. The predicted octanol–water partition coefficient (Wildman–Crippen LogP) is 3.00. The van der Waals surface area contributed by atoms with Crippen LogP contribution in [-0.4, -0.2) is 73.4 Å². The van der Waals surface area contributed by atoms with Crippen LogP contribution in [0.2, 0.25) is 0 Å². The summed E-state index contributed by atoms with van der Waals surface area (Å²) in [7, 11) is 1.37. The number of urea groups is 1. The van der Waals surface area contributed by atoms with Crippen molar-refractivity contribution in [1.82, 2.24) is 9.80 Å². The van der Waals surface area contributed by atoms with E-state index in [9.17, 15) is 31.1 Å². The molecule has 0 radical (unpaired) electrons. The number of ether oxygens (including phenoxy) is 2. The number of amides is 2. The molecule has 5 nitrogen and oxygen atoms in total. The van der Waals surface area contributed by atoms with Gasteiger partial charge in [0, 0.05) is 13.7 Å². The lowest BCUT2D eigenvalue weighted by Gasteiger charge is -2.30. The summed E-state index contributed by atoms with van der Waals surface area (Å²) < 4.78 is 84.0. The number of nitrogens with zero attached hydrogens (tertiary/aromatic N) is 2. The maximum absolute atomic E-state index is 13.2. The highest BCUT2D eigenvalue weighted by Crippen LogP contribution is 2.33. The first-order chi connectivity index (χ1) is 10.9. The fourth-order valence-corrected chi connectivity index (χ4v) is 2.69. The van der Waals surface area contributed by atoms with Gasteiger partial charge >= 0.3 is 18.6 Å². The molecule has 0 aliphatic carbocycles. The highest BCUT2D eigenvalue weighted by Gasteiger charge is 2.53. The van der Waals surface area contributed by atoms with Gasteiger partial charge in [0.2, 0.25) is 0 Å². The van der Waals surface area contributed by atoms with Crippen LogP contribution in [0, 0.1) is 0 Å². The summed E-state index contributed by atoms with van der Waals surface area (Å²) in [6.45, 7) is 0.772. The molecule has 1 aliphatic heterocycles. The SMILES string of the molecule is CCC(C(C)OC)N1CC(C(F)(F)F)N(CCOC(F)(F)F)C1=O. The summed E-state index contributed by atoms with van der Waals surface area (Å²) in [6, 6.07) is -3.76. The van der Waals surface area contributed by atoms with E-state index in [4.69, 9.17) is 4.74 Å². The van der Waals surface area contributed by atoms with E-state index in [0.29, 0.717) is 11.3 Å². The molecule has 3 atom stereocenters. The number of rotatable bonds is 7. The lowest BCUT2D eigenvalue weighted by atomic mass is 10.1. The number of carbonyl (C=O) groups excluding carboxylic acids is 1. The van der Waals surface area contributed by atoms with E-state index in [1.165, 1.54) is 7.11 Å². The van der Waals surface area contributed by atoms with Crippen molar-refractivity contribution in [3.8, 4) is 0 Å². The second-order valence-corrected chi connectivity index (χ2v) is 5.40. The maximum Gasteiger partial charge on any atom is 0.522 e. The summed E-state index contributed by atoms with van der Waals surface area (Å²) in [4.78, 5) is 13.7. The van der Waals surface area contributed by atoms with E-state index in [-0.39, 0.29) is 0 Å². The number of alkyl halides is 6. The molecular weight excluding hydrogens is 346 g/mol. The average molecular weight is 366 g/mol. The molecule has 11 heteroatoms. The van der Waals surface area contributed by atoms with Gasteiger partial charge in [-0.1, -0.05) is 6.92 Å². The van der Waals surface area contributed by atoms with Crippen molar-refractivity contribution >= 4 is 6.03 Å². The highest BCUT2D eigenvalue weighted by atomic mass is 19.4. The molecular formula is C13H20F6N2O3. The van der Waals surface area contributed by atoms with Gasteiger partial charge in [0.15, 0.2) is 0 Å². The van der Waals surface area contributed by atoms with Gasteiger partial charge in [0.05, 0.1) is 25.3 Å². The maximum atomic E-state index is 13.2. The minimum Gasteiger partial charge on any atom is -0.380 e. The lowest BCUT2D eigenvalue weighted by molar-refractivity contribution is -0.325. The molecule has 1 saturated heterocycles. The first-order valence-electron chi connectivity index (χ1n) is 7.29. The minimum atomic E-state index is -4.97. The fourth-order valence-electron chi connectivity index (χ4n) is 2.69. The van der Waals surface area contributed by atoms with Crippen LogP contribution in [0.25, 0.3) is 0 Å². The zero-order chi connectivity index (χ0) is 18.7. The molecule has 1 rings (SSSR count). The molecule has 0 aromatic heterocycles. The van der Waals surface area contributed by atoms with E-state index < -0.39 is 56.5 Å². The van der Waals surface area contributed by atoms with Crippen LogP contribution in [0.1, 0.15) is 20.3 Å². The first-order valence-corrected chi connectivity index (χ1v) is 7.29. The van der Waals surface area contributed by atoms with Crippen molar-refractivity contribution in [2.75, 3.05) is 26.8 Å². The normalized spacial score (nSPS) is 22.2. The van der Waals surface area contributed by atoms with Crippen molar-refractivity contribution in [1.29, 1.82) is 0 Å². The van der Waals surface area contributed by atoms with Gasteiger partial charge in [-0.3, -0.25) is 4.74 Å². The molecule has 0 N–H and O–H groups in total. The average Bonchev–Trinajstić information content (AvgIpc) is 2.76. The van der Waals surface area contributed by atoms with Crippen molar-refractivity contribution in [3.05, 3.63) is 0 Å². The van der Waals surface area contributed by atoms with Crippen molar-refractivity contribution < 1.29 is 40.6 Å². The molecule has 1 aliphatic rings. The first kappa shape index (κ1) is 20.8. The van der Waals surface area contributed by atoms with Crippen LogP contribution in [0.3, 0.4) is 0 Å². The molecule has 3 unspecified atom stereocenters. The van der Waals surface area contributed by atoms with Gasteiger partial charge in [-0.05, 0) is 13.3 Å². The van der Waals surface area contributed by atoms with E-state index >= 15 is 0 Å². The molecule has 0 spiro atoms. The smallest absolute Gasteiger partial charge is 0.380 e. The van der Waals surface area contributed by atoms with Crippen LogP contribution in [0.5, 0.6) is 0 Å². The molecule has 0 bridgehead atoms. The van der Waals surface area contributed by atoms with Crippen molar-refractivity contribution in [3.63, 3.8) is 0 Å². The van der Waals surface area contributed by atoms with Gasteiger partial charge in [-0.15, -0.1) is 13.2 Å². The van der Waals surface area contributed by atoms with Crippen LogP contribution in [-0.2, 0) is 9.47 Å². The molecule has 1 fully saturated rings. The minimum absolute atomic E-state index is 0.345. The van der Waals surface area contributed by atoms with E-state index in [2.05, 4.69) is 4.74 Å². The lowest BCUT2D eigenvalue weighted by Crippen LogP contribution is -2.46. The van der Waals surface area contributed by atoms with Gasteiger partial charge in [-0.2, -0.15) is 13.2 Å². The van der Waals surface area contributed by atoms with Gasteiger partial charge in [0.1, 0.15) is 6.04 Å². The second kappa shape index (κ2) is 7.77. The summed E-state index contributed by atoms with van der Waals surface area (Å²) >= 11 is 0. The number of hydrogen-bond donors (Lipinski definition) is 0. The Bertz CT molecular complexity index is 429. The van der Waals surface area contributed by atoms with Crippen LogP contribution in [0.4, 0.5) is 31.1 Å². The molecule has 24 heavy (non-hydrogen) atoms. The molecule has 1 heterocycles. The zero-order valence-corrected chi connectivity index (χ0v) is 13.4. The number of methoxy groups -OCH3 is 1. The summed E-state index contributed by atoms with van der Waals surface area (Å²) in [6.07, 6.45) is -9.89.